The van der Waals surface area contributed by atoms with Gasteiger partial charge in [0.25, 0.3) is 5.91 Å². The molecule has 0 bridgehead atoms. The van der Waals surface area contributed by atoms with E-state index in [0.717, 1.165) is 30.9 Å². The van der Waals surface area contributed by atoms with Crippen molar-refractivity contribution in [3.05, 3.63) is 52.0 Å². The fourth-order valence-electron chi connectivity index (χ4n) is 3.75. The predicted molar refractivity (Wildman–Crippen MR) is 96.5 cm³/mol. The maximum absolute atomic E-state index is 12.7. The molecule has 0 aliphatic carbocycles. The van der Waals surface area contributed by atoms with E-state index in [2.05, 4.69) is 22.0 Å². The second kappa shape index (κ2) is 7.03. The van der Waals surface area contributed by atoms with E-state index in [1.807, 2.05) is 28.5 Å². The molecule has 126 valence electrons. The molecule has 2 aromatic rings. The first-order chi connectivity index (χ1) is 11.8. The van der Waals surface area contributed by atoms with Crippen LogP contribution in [-0.2, 0) is 6.42 Å². The molecule has 0 spiro atoms. The topological polar surface area (TPSA) is 36.4 Å². The van der Waals surface area contributed by atoms with Gasteiger partial charge in [0.05, 0.1) is 5.01 Å². The van der Waals surface area contributed by atoms with Crippen molar-refractivity contribution in [2.75, 3.05) is 26.2 Å². The highest BCUT2D eigenvalue weighted by Gasteiger charge is 2.32. The Hall–Kier alpha value is -1.72. The summed E-state index contributed by atoms with van der Waals surface area (Å²) in [6, 6.07) is 10.9. The average Bonchev–Trinajstić information content (AvgIpc) is 3.36. The minimum Gasteiger partial charge on any atom is -0.336 e. The average molecular weight is 341 g/mol. The molecule has 1 aromatic carbocycles. The largest absolute Gasteiger partial charge is 0.336 e. The zero-order chi connectivity index (χ0) is 16.4. The lowest BCUT2D eigenvalue weighted by Gasteiger charge is -2.23. The first kappa shape index (κ1) is 15.8. The van der Waals surface area contributed by atoms with Gasteiger partial charge >= 0.3 is 0 Å². The summed E-state index contributed by atoms with van der Waals surface area (Å²) >= 11 is 1.59. The second-order valence-corrected chi connectivity index (χ2v) is 7.67. The SMILES string of the molecule is O=C(c1csc(Cc2ccccc2)n1)N1CCC(N2CCCC2)C1. The minimum atomic E-state index is 0.104. The Labute approximate surface area is 147 Å². The molecule has 2 aliphatic heterocycles. The highest BCUT2D eigenvalue weighted by molar-refractivity contribution is 7.09. The Morgan fingerprint density at radius 2 is 1.96 bits per heavy atom. The molecule has 3 heterocycles. The third kappa shape index (κ3) is 3.37. The van der Waals surface area contributed by atoms with Crippen LogP contribution in [0.1, 0.15) is 40.3 Å². The molecule has 1 aromatic heterocycles. The molecule has 0 saturated carbocycles. The predicted octanol–water partition coefficient (Wildman–Crippen LogP) is 3.04. The van der Waals surface area contributed by atoms with E-state index in [1.54, 1.807) is 11.3 Å². The van der Waals surface area contributed by atoms with Crippen molar-refractivity contribution in [2.45, 2.75) is 31.7 Å². The van der Waals surface area contributed by atoms with Crippen LogP contribution in [-0.4, -0.2) is 52.9 Å². The van der Waals surface area contributed by atoms with Gasteiger partial charge in [-0.3, -0.25) is 9.69 Å². The first-order valence-corrected chi connectivity index (χ1v) is 9.69. The van der Waals surface area contributed by atoms with E-state index in [9.17, 15) is 4.79 Å². The number of hydrogen-bond donors (Lipinski definition) is 0. The Morgan fingerprint density at radius 1 is 1.17 bits per heavy atom. The van der Waals surface area contributed by atoms with Gasteiger partial charge in [0.1, 0.15) is 5.69 Å². The molecule has 0 N–H and O–H groups in total. The molecular formula is C19H23N3OS. The van der Waals surface area contributed by atoms with Gasteiger partial charge in [-0.25, -0.2) is 4.98 Å². The van der Waals surface area contributed by atoms with Crippen molar-refractivity contribution in [1.82, 2.24) is 14.8 Å². The third-order valence-corrected chi connectivity index (χ3v) is 5.93. The highest BCUT2D eigenvalue weighted by Crippen LogP contribution is 2.23. The summed E-state index contributed by atoms with van der Waals surface area (Å²) in [4.78, 5) is 21.9. The molecule has 24 heavy (non-hydrogen) atoms. The monoisotopic (exact) mass is 341 g/mol. The first-order valence-electron chi connectivity index (χ1n) is 8.81. The smallest absolute Gasteiger partial charge is 0.273 e. The van der Waals surface area contributed by atoms with Gasteiger partial charge in [-0.05, 0) is 37.9 Å². The second-order valence-electron chi connectivity index (χ2n) is 6.73. The Morgan fingerprint density at radius 3 is 2.75 bits per heavy atom. The van der Waals surface area contributed by atoms with Crippen molar-refractivity contribution in [1.29, 1.82) is 0 Å². The van der Waals surface area contributed by atoms with Crippen LogP contribution in [0.5, 0.6) is 0 Å². The van der Waals surface area contributed by atoms with E-state index in [0.29, 0.717) is 11.7 Å². The number of carbonyl (C=O) groups excluding carboxylic acids is 1. The molecule has 4 nitrogen and oxygen atoms in total. The van der Waals surface area contributed by atoms with Crippen LogP contribution in [0.3, 0.4) is 0 Å². The summed E-state index contributed by atoms with van der Waals surface area (Å²) in [5.74, 6) is 0.104. The van der Waals surface area contributed by atoms with Gasteiger partial charge in [-0.2, -0.15) is 0 Å². The summed E-state index contributed by atoms with van der Waals surface area (Å²) in [6.45, 7) is 4.13. The van der Waals surface area contributed by atoms with Gasteiger partial charge in [-0.15, -0.1) is 11.3 Å². The number of rotatable bonds is 4. The van der Waals surface area contributed by atoms with Crippen molar-refractivity contribution in [3.8, 4) is 0 Å². The maximum atomic E-state index is 12.7. The van der Waals surface area contributed by atoms with Gasteiger partial charge in [-0.1, -0.05) is 30.3 Å². The van der Waals surface area contributed by atoms with Crippen LogP contribution >= 0.6 is 11.3 Å². The molecule has 5 heteroatoms. The van der Waals surface area contributed by atoms with Crippen LogP contribution in [0.2, 0.25) is 0 Å². The van der Waals surface area contributed by atoms with E-state index in [1.165, 1.54) is 31.5 Å². The lowest BCUT2D eigenvalue weighted by atomic mass is 10.2. The van der Waals surface area contributed by atoms with Crippen molar-refractivity contribution < 1.29 is 4.79 Å². The van der Waals surface area contributed by atoms with Crippen LogP contribution < -0.4 is 0 Å². The molecule has 2 fully saturated rings. The fraction of sp³-hybridized carbons (Fsp3) is 0.474. The van der Waals surface area contributed by atoms with Gasteiger partial charge in [0.15, 0.2) is 0 Å². The number of benzene rings is 1. The van der Waals surface area contributed by atoms with Gasteiger partial charge in [0.2, 0.25) is 0 Å². The number of thiazole rings is 1. The van der Waals surface area contributed by atoms with E-state index < -0.39 is 0 Å². The molecule has 2 saturated heterocycles. The van der Waals surface area contributed by atoms with Crippen molar-refractivity contribution >= 4 is 17.2 Å². The number of aromatic nitrogens is 1. The zero-order valence-electron chi connectivity index (χ0n) is 13.9. The standard InChI is InChI=1S/C19H23N3OS/c23-19(22-11-8-16(13-22)21-9-4-5-10-21)17-14-24-18(20-17)12-15-6-2-1-3-7-15/h1-3,6-7,14,16H,4-5,8-13H2. The highest BCUT2D eigenvalue weighted by atomic mass is 32.1. The van der Waals surface area contributed by atoms with Gasteiger partial charge in [0, 0.05) is 30.9 Å². The summed E-state index contributed by atoms with van der Waals surface area (Å²) in [6.07, 6.45) is 4.51. The summed E-state index contributed by atoms with van der Waals surface area (Å²) in [5, 5.41) is 2.93. The summed E-state index contributed by atoms with van der Waals surface area (Å²) in [7, 11) is 0. The van der Waals surface area contributed by atoms with Crippen LogP contribution in [0.25, 0.3) is 0 Å². The summed E-state index contributed by atoms with van der Waals surface area (Å²) in [5.41, 5.74) is 1.86. The maximum Gasteiger partial charge on any atom is 0.273 e. The lowest BCUT2D eigenvalue weighted by molar-refractivity contribution is 0.0775. The Kier molecular flexibility index (Phi) is 4.63. The summed E-state index contributed by atoms with van der Waals surface area (Å²) < 4.78 is 0. The zero-order valence-corrected chi connectivity index (χ0v) is 14.7. The third-order valence-electron chi connectivity index (χ3n) is 5.08. The Bertz CT molecular complexity index is 694. The molecule has 1 atom stereocenters. The molecule has 1 amide bonds. The number of carbonyl (C=O) groups is 1. The van der Waals surface area contributed by atoms with Gasteiger partial charge < -0.3 is 4.90 Å². The van der Waals surface area contributed by atoms with Crippen LogP contribution in [0, 0.1) is 0 Å². The van der Waals surface area contributed by atoms with E-state index in [-0.39, 0.29) is 5.91 Å². The van der Waals surface area contributed by atoms with E-state index >= 15 is 0 Å². The van der Waals surface area contributed by atoms with E-state index in [4.69, 9.17) is 0 Å². The molecule has 1 unspecified atom stereocenters. The fourth-order valence-corrected chi connectivity index (χ4v) is 4.56. The molecule has 0 radical (unpaired) electrons. The molecule has 2 aliphatic rings. The minimum absolute atomic E-state index is 0.104. The Balaban J connectivity index is 1.38. The number of likely N-dealkylation sites (tertiary alicyclic amines) is 2. The van der Waals surface area contributed by atoms with Crippen molar-refractivity contribution in [2.24, 2.45) is 0 Å². The number of nitrogens with zero attached hydrogens (tertiary/aromatic N) is 3. The molecular weight excluding hydrogens is 318 g/mol. The number of hydrogen-bond acceptors (Lipinski definition) is 4. The molecule has 4 rings (SSSR count). The lowest BCUT2D eigenvalue weighted by Crippen LogP contribution is -2.37. The van der Waals surface area contributed by atoms with Crippen LogP contribution in [0.4, 0.5) is 0 Å². The number of amides is 1. The van der Waals surface area contributed by atoms with Crippen molar-refractivity contribution in [3.63, 3.8) is 0 Å². The van der Waals surface area contributed by atoms with Crippen LogP contribution in [0.15, 0.2) is 35.7 Å². The normalized spacial score (nSPS) is 21.5. The quantitative estimate of drug-likeness (QED) is 0.858.